The summed E-state index contributed by atoms with van der Waals surface area (Å²) in [5.41, 5.74) is 5.90. The van der Waals surface area contributed by atoms with Gasteiger partial charge in [-0.05, 0) is 6.92 Å². The molecule has 0 atom stereocenters. The first-order chi connectivity index (χ1) is 6.19. The van der Waals surface area contributed by atoms with Crippen molar-refractivity contribution < 1.29 is 9.32 Å². The number of amides is 1. The molecular formula is C9H10N2O2. The van der Waals surface area contributed by atoms with Crippen molar-refractivity contribution in [3.05, 3.63) is 36.3 Å². The Bertz CT molecular complexity index is 363. The highest BCUT2D eigenvalue weighted by molar-refractivity contribution is 5.91. The summed E-state index contributed by atoms with van der Waals surface area (Å²) < 4.78 is 4.88. The van der Waals surface area contributed by atoms with E-state index in [1.54, 1.807) is 12.2 Å². The summed E-state index contributed by atoms with van der Waals surface area (Å²) in [5.74, 6) is -0.110. The van der Waals surface area contributed by atoms with Crippen molar-refractivity contribution in [2.45, 2.75) is 6.92 Å². The zero-order valence-corrected chi connectivity index (χ0v) is 7.28. The van der Waals surface area contributed by atoms with Crippen LogP contribution >= 0.6 is 0 Å². The smallest absolute Gasteiger partial charge is 0.270 e. The van der Waals surface area contributed by atoms with E-state index in [0.29, 0.717) is 5.76 Å². The van der Waals surface area contributed by atoms with Crippen LogP contribution in [0.25, 0.3) is 5.57 Å². The van der Waals surface area contributed by atoms with Crippen molar-refractivity contribution >= 4 is 11.5 Å². The van der Waals surface area contributed by atoms with Crippen LogP contribution in [0, 0.1) is 0 Å². The quantitative estimate of drug-likeness (QED) is 0.710. The van der Waals surface area contributed by atoms with Gasteiger partial charge >= 0.3 is 0 Å². The average molecular weight is 178 g/mol. The van der Waals surface area contributed by atoms with E-state index in [1.807, 2.05) is 6.92 Å². The van der Waals surface area contributed by atoms with Gasteiger partial charge in [-0.3, -0.25) is 4.79 Å². The van der Waals surface area contributed by atoms with Gasteiger partial charge in [0.1, 0.15) is 0 Å². The van der Waals surface area contributed by atoms with Crippen molar-refractivity contribution in [1.29, 1.82) is 0 Å². The number of allylic oxidation sites excluding steroid dienone is 3. The van der Waals surface area contributed by atoms with Crippen LogP contribution in [0.1, 0.15) is 23.2 Å². The lowest BCUT2D eigenvalue weighted by atomic mass is 10.2. The third kappa shape index (κ3) is 1.84. The second kappa shape index (κ2) is 3.71. The lowest BCUT2D eigenvalue weighted by Crippen LogP contribution is -2.10. The van der Waals surface area contributed by atoms with Gasteiger partial charge < -0.3 is 10.3 Å². The monoisotopic (exact) mass is 178 g/mol. The number of aromatic nitrogens is 1. The Labute approximate surface area is 75.7 Å². The maximum Gasteiger partial charge on any atom is 0.270 e. The van der Waals surface area contributed by atoms with Gasteiger partial charge in [0.05, 0.1) is 0 Å². The van der Waals surface area contributed by atoms with E-state index in [0.717, 1.165) is 5.57 Å². The van der Waals surface area contributed by atoms with Crippen molar-refractivity contribution in [2.75, 3.05) is 0 Å². The summed E-state index contributed by atoms with van der Waals surface area (Å²) in [5, 5.41) is 3.49. The fourth-order valence-corrected chi connectivity index (χ4v) is 0.888. The molecule has 4 heteroatoms. The van der Waals surface area contributed by atoms with Crippen LogP contribution in [-0.2, 0) is 0 Å². The summed E-state index contributed by atoms with van der Waals surface area (Å²) >= 11 is 0. The highest BCUT2D eigenvalue weighted by Gasteiger charge is 2.09. The molecule has 68 valence electrons. The van der Waals surface area contributed by atoms with Gasteiger partial charge in [-0.1, -0.05) is 23.9 Å². The molecule has 0 aromatic carbocycles. The second-order valence-electron chi connectivity index (χ2n) is 2.39. The topological polar surface area (TPSA) is 69.1 Å². The number of carbonyl (C=O) groups excluding carboxylic acids is 1. The molecular weight excluding hydrogens is 168 g/mol. The lowest BCUT2D eigenvalue weighted by Gasteiger charge is -1.90. The van der Waals surface area contributed by atoms with Crippen LogP contribution < -0.4 is 5.73 Å². The molecule has 0 fully saturated rings. The molecule has 13 heavy (non-hydrogen) atoms. The number of primary amides is 1. The maximum atomic E-state index is 10.7. The fourth-order valence-electron chi connectivity index (χ4n) is 0.888. The first-order valence-corrected chi connectivity index (χ1v) is 3.74. The number of carbonyl (C=O) groups is 1. The molecule has 0 saturated heterocycles. The first-order valence-electron chi connectivity index (χ1n) is 3.74. The summed E-state index contributed by atoms with van der Waals surface area (Å²) in [4.78, 5) is 10.7. The Hall–Kier alpha value is -1.84. The van der Waals surface area contributed by atoms with Crippen LogP contribution in [0.5, 0.6) is 0 Å². The number of nitrogens with two attached hydrogens (primary N) is 1. The molecule has 0 spiro atoms. The number of hydrogen-bond donors (Lipinski definition) is 1. The average Bonchev–Trinajstić information content (AvgIpc) is 2.56. The van der Waals surface area contributed by atoms with E-state index >= 15 is 0 Å². The minimum absolute atomic E-state index is 0.121. The second-order valence-corrected chi connectivity index (χ2v) is 2.39. The van der Waals surface area contributed by atoms with Gasteiger partial charge in [0.25, 0.3) is 5.91 Å². The molecule has 1 rings (SSSR count). The van der Waals surface area contributed by atoms with Crippen molar-refractivity contribution in [1.82, 2.24) is 5.16 Å². The summed E-state index contributed by atoms with van der Waals surface area (Å²) in [7, 11) is 0. The molecule has 4 nitrogen and oxygen atoms in total. The van der Waals surface area contributed by atoms with E-state index in [1.165, 1.54) is 6.07 Å². The van der Waals surface area contributed by atoms with Crippen LogP contribution in [-0.4, -0.2) is 11.1 Å². The molecule has 0 saturated carbocycles. The molecule has 0 aliphatic heterocycles. The first kappa shape index (κ1) is 9.25. The van der Waals surface area contributed by atoms with Crippen LogP contribution in [0.4, 0.5) is 0 Å². The Morgan fingerprint density at radius 3 is 2.85 bits per heavy atom. The largest absolute Gasteiger partial charge is 0.364 e. The van der Waals surface area contributed by atoms with E-state index in [2.05, 4.69) is 11.7 Å². The lowest BCUT2D eigenvalue weighted by molar-refractivity contribution is 0.0991. The predicted octanol–water partition coefficient (Wildman–Crippen LogP) is 1.36. The van der Waals surface area contributed by atoms with Crippen LogP contribution in [0.3, 0.4) is 0 Å². The zero-order chi connectivity index (χ0) is 9.84. The van der Waals surface area contributed by atoms with Gasteiger partial charge in [-0.25, -0.2) is 0 Å². The molecule has 0 bridgehead atoms. The Morgan fingerprint density at radius 2 is 2.46 bits per heavy atom. The predicted molar refractivity (Wildman–Crippen MR) is 48.9 cm³/mol. The van der Waals surface area contributed by atoms with E-state index in [9.17, 15) is 4.79 Å². The van der Waals surface area contributed by atoms with Crippen LogP contribution in [0.2, 0.25) is 0 Å². The van der Waals surface area contributed by atoms with Crippen molar-refractivity contribution in [3.63, 3.8) is 0 Å². The van der Waals surface area contributed by atoms with E-state index in [4.69, 9.17) is 10.3 Å². The van der Waals surface area contributed by atoms with E-state index in [-0.39, 0.29) is 5.69 Å². The van der Waals surface area contributed by atoms with E-state index < -0.39 is 5.91 Å². The third-order valence-electron chi connectivity index (χ3n) is 1.58. The normalized spacial score (nSPS) is 11.3. The Morgan fingerprint density at radius 1 is 1.77 bits per heavy atom. The summed E-state index contributed by atoms with van der Waals surface area (Å²) in [6.45, 7) is 5.43. The minimum Gasteiger partial charge on any atom is -0.364 e. The molecule has 1 heterocycles. The maximum absolute atomic E-state index is 10.7. The Kier molecular flexibility index (Phi) is 2.64. The number of hydrogen-bond acceptors (Lipinski definition) is 3. The minimum atomic E-state index is -0.602. The number of rotatable bonds is 3. The molecule has 0 aliphatic rings. The molecule has 1 aromatic rings. The van der Waals surface area contributed by atoms with Gasteiger partial charge in [-0.15, -0.1) is 0 Å². The zero-order valence-electron chi connectivity index (χ0n) is 7.28. The van der Waals surface area contributed by atoms with Gasteiger partial charge in [-0.2, -0.15) is 0 Å². The molecule has 1 amide bonds. The SMILES string of the molecule is C=C/C(=C\C)c1cc(C(N)=O)no1. The van der Waals surface area contributed by atoms with Crippen molar-refractivity contribution in [3.8, 4) is 0 Å². The van der Waals surface area contributed by atoms with Gasteiger partial charge in [0, 0.05) is 11.6 Å². The highest BCUT2D eigenvalue weighted by atomic mass is 16.5. The standard InChI is InChI=1S/C9H10N2O2/c1-3-6(4-2)8-5-7(9(10)12)11-13-8/h3-5H,1H2,2H3,(H2,10,12)/b6-4+. The molecule has 1 aromatic heterocycles. The number of nitrogens with zero attached hydrogens (tertiary/aromatic N) is 1. The molecule has 2 N–H and O–H groups in total. The van der Waals surface area contributed by atoms with Crippen LogP contribution in [0.15, 0.2) is 29.3 Å². The fraction of sp³-hybridized carbons (Fsp3) is 0.111. The highest BCUT2D eigenvalue weighted by Crippen LogP contribution is 2.15. The third-order valence-corrected chi connectivity index (χ3v) is 1.58. The van der Waals surface area contributed by atoms with Gasteiger partial charge in [0.2, 0.25) is 0 Å². The molecule has 0 unspecified atom stereocenters. The molecule has 0 radical (unpaired) electrons. The summed E-state index contributed by atoms with van der Waals surface area (Å²) in [6.07, 6.45) is 3.42. The summed E-state index contributed by atoms with van der Waals surface area (Å²) in [6, 6.07) is 1.49. The van der Waals surface area contributed by atoms with Gasteiger partial charge in [0.15, 0.2) is 11.5 Å². The Balaban J connectivity index is 3.04. The van der Waals surface area contributed by atoms with Crippen molar-refractivity contribution in [2.24, 2.45) is 5.73 Å². The molecule has 0 aliphatic carbocycles.